The van der Waals surface area contributed by atoms with Gasteiger partial charge >= 0.3 is 0 Å². The molecule has 0 fully saturated rings. The zero-order valence-electron chi connectivity index (χ0n) is 14.3. The van der Waals surface area contributed by atoms with Gasteiger partial charge in [0.1, 0.15) is 11.5 Å². The fourth-order valence-corrected chi connectivity index (χ4v) is 3.76. The van der Waals surface area contributed by atoms with Gasteiger partial charge in [-0.15, -0.1) is 11.3 Å². The van der Waals surface area contributed by atoms with Crippen LogP contribution in [-0.2, 0) is 13.0 Å². The van der Waals surface area contributed by atoms with Gasteiger partial charge in [0.25, 0.3) is 5.91 Å². The number of nitrogens with one attached hydrogen (secondary N) is 1. The van der Waals surface area contributed by atoms with Gasteiger partial charge in [-0.25, -0.2) is 9.37 Å². The van der Waals surface area contributed by atoms with E-state index in [4.69, 9.17) is 5.26 Å². The molecule has 1 amide bonds. The minimum absolute atomic E-state index is 0.130. The van der Waals surface area contributed by atoms with Crippen molar-refractivity contribution in [3.8, 4) is 6.07 Å². The van der Waals surface area contributed by atoms with Crippen LogP contribution in [0.3, 0.4) is 0 Å². The molecule has 1 aliphatic heterocycles. The van der Waals surface area contributed by atoms with E-state index < -0.39 is 5.82 Å². The Kier molecular flexibility index (Phi) is 4.57. The number of halogens is 1. The predicted molar refractivity (Wildman–Crippen MR) is 101 cm³/mol. The lowest BCUT2D eigenvalue weighted by atomic mass is 10.00. The van der Waals surface area contributed by atoms with E-state index >= 15 is 0 Å². The van der Waals surface area contributed by atoms with Gasteiger partial charge in [0.05, 0.1) is 17.3 Å². The lowest BCUT2D eigenvalue weighted by Crippen LogP contribution is -2.36. The first-order valence-corrected chi connectivity index (χ1v) is 9.30. The topological polar surface area (TPSA) is 69.0 Å². The monoisotopic (exact) mass is 378 g/mol. The molecule has 0 bridgehead atoms. The summed E-state index contributed by atoms with van der Waals surface area (Å²) in [7, 11) is 0. The standard InChI is InChI=1S/C20H15FN4OS/c21-16-9-13(10-22)5-6-17(16)23-20-24-18(12-27-20)19(26)25-8-7-14-3-1-2-4-15(14)11-25/h1-6,9,12H,7-8,11H2,(H,23,24). The number of aromatic nitrogens is 1. The Morgan fingerprint density at radius 3 is 2.85 bits per heavy atom. The van der Waals surface area contributed by atoms with E-state index in [1.54, 1.807) is 10.3 Å². The van der Waals surface area contributed by atoms with Crippen molar-refractivity contribution in [2.45, 2.75) is 13.0 Å². The number of thiazole rings is 1. The van der Waals surface area contributed by atoms with Crippen molar-refractivity contribution in [2.24, 2.45) is 0 Å². The Bertz CT molecular complexity index is 1060. The van der Waals surface area contributed by atoms with Crippen LogP contribution >= 0.6 is 11.3 Å². The molecule has 5 nitrogen and oxygen atoms in total. The van der Waals surface area contributed by atoms with E-state index in [1.165, 1.54) is 29.0 Å². The van der Waals surface area contributed by atoms with E-state index in [1.807, 2.05) is 24.3 Å². The maximum absolute atomic E-state index is 14.0. The lowest BCUT2D eigenvalue weighted by Gasteiger charge is -2.28. The highest BCUT2D eigenvalue weighted by Gasteiger charge is 2.23. The molecule has 1 aliphatic rings. The molecule has 0 saturated heterocycles. The Morgan fingerprint density at radius 1 is 1.26 bits per heavy atom. The second-order valence-electron chi connectivity index (χ2n) is 6.21. The number of hydrogen-bond donors (Lipinski definition) is 1. The summed E-state index contributed by atoms with van der Waals surface area (Å²) in [6.45, 7) is 1.22. The van der Waals surface area contributed by atoms with Crippen molar-refractivity contribution in [1.29, 1.82) is 5.26 Å². The Balaban J connectivity index is 1.48. The molecular formula is C20H15FN4OS. The van der Waals surface area contributed by atoms with Gasteiger partial charge in [-0.1, -0.05) is 24.3 Å². The van der Waals surface area contributed by atoms with Crippen molar-refractivity contribution >= 4 is 28.1 Å². The molecule has 0 unspecified atom stereocenters. The van der Waals surface area contributed by atoms with Crippen LogP contribution in [0.4, 0.5) is 15.2 Å². The van der Waals surface area contributed by atoms with Gasteiger partial charge in [-0.2, -0.15) is 5.26 Å². The molecule has 0 aliphatic carbocycles. The van der Waals surface area contributed by atoms with Gasteiger partial charge in [0.15, 0.2) is 5.13 Å². The molecule has 0 radical (unpaired) electrons. The minimum atomic E-state index is -0.537. The Labute approximate surface area is 159 Å². The first-order valence-electron chi connectivity index (χ1n) is 8.42. The third-order valence-electron chi connectivity index (χ3n) is 4.48. The van der Waals surface area contributed by atoms with Crippen molar-refractivity contribution in [1.82, 2.24) is 9.88 Å². The van der Waals surface area contributed by atoms with E-state index in [0.29, 0.717) is 23.9 Å². The molecule has 2 heterocycles. The van der Waals surface area contributed by atoms with E-state index in [9.17, 15) is 9.18 Å². The molecule has 3 aromatic rings. The Hall–Kier alpha value is -3.24. The molecule has 0 saturated carbocycles. The van der Waals surface area contributed by atoms with Gasteiger partial charge in [0, 0.05) is 18.5 Å². The molecule has 27 heavy (non-hydrogen) atoms. The Morgan fingerprint density at radius 2 is 2.07 bits per heavy atom. The van der Waals surface area contributed by atoms with Crippen molar-refractivity contribution in [2.75, 3.05) is 11.9 Å². The maximum Gasteiger partial charge on any atom is 0.273 e. The van der Waals surface area contributed by atoms with Crippen molar-refractivity contribution < 1.29 is 9.18 Å². The van der Waals surface area contributed by atoms with Gasteiger partial charge in [0.2, 0.25) is 0 Å². The predicted octanol–water partition coefficient (Wildman–Crippen LogP) is 4.10. The number of fused-ring (bicyclic) bond motifs is 1. The molecule has 1 N–H and O–H groups in total. The van der Waals surface area contributed by atoms with Crippen LogP contribution in [-0.4, -0.2) is 22.3 Å². The number of rotatable bonds is 3. The summed E-state index contributed by atoms with van der Waals surface area (Å²) < 4.78 is 14.0. The number of anilines is 2. The average molecular weight is 378 g/mol. The lowest BCUT2D eigenvalue weighted by molar-refractivity contribution is 0.0729. The van der Waals surface area contributed by atoms with Crippen LogP contribution in [0.15, 0.2) is 47.8 Å². The molecular weight excluding hydrogens is 363 g/mol. The first-order chi connectivity index (χ1) is 13.1. The zero-order valence-corrected chi connectivity index (χ0v) is 15.1. The smallest absolute Gasteiger partial charge is 0.273 e. The first kappa shape index (κ1) is 17.2. The van der Waals surface area contributed by atoms with Crippen LogP contribution in [0.2, 0.25) is 0 Å². The fourth-order valence-electron chi connectivity index (χ4n) is 3.06. The molecule has 7 heteroatoms. The number of hydrogen-bond acceptors (Lipinski definition) is 5. The van der Waals surface area contributed by atoms with Gasteiger partial charge in [-0.3, -0.25) is 4.79 Å². The third-order valence-corrected chi connectivity index (χ3v) is 5.24. The van der Waals surface area contributed by atoms with Gasteiger partial charge in [-0.05, 0) is 35.7 Å². The third kappa shape index (κ3) is 3.52. The fraction of sp³-hybridized carbons (Fsp3) is 0.150. The SMILES string of the molecule is N#Cc1ccc(Nc2nc(C(=O)N3CCc4ccccc4C3)cs2)c(F)c1. The van der Waals surface area contributed by atoms with Crippen LogP contribution in [0.1, 0.15) is 27.2 Å². The maximum atomic E-state index is 14.0. The number of carbonyl (C=O) groups is 1. The van der Waals surface area contributed by atoms with E-state index in [0.717, 1.165) is 18.1 Å². The second-order valence-corrected chi connectivity index (χ2v) is 7.07. The molecule has 134 valence electrons. The second kappa shape index (κ2) is 7.17. The highest BCUT2D eigenvalue weighted by atomic mass is 32.1. The highest BCUT2D eigenvalue weighted by molar-refractivity contribution is 7.14. The summed E-state index contributed by atoms with van der Waals surface area (Å²) in [5.41, 5.74) is 3.24. The normalized spacial score (nSPS) is 13.0. The van der Waals surface area contributed by atoms with Crippen LogP contribution in [0.5, 0.6) is 0 Å². The molecule has 1 aromatic heterocycles. The highest BCUT2D eigenvalue weighted by Crippen LogP contribution is 2.26. The minimum Gasteiger partial charge on any atom is -0.333 e. The molecule has 0 atom stereocenters. The zero-order chi connectivity index (χ0) is 18.8. The number of nitriles is 1. The molecule has 4 rings (SSSR count). The summed E-state index contributed by atoms with van der Waals surface area (Å²) in [5, 5.41) is 13.8. The van der Waals surface area contributed by atoms with E-state index in [2.05, 4.69) is 16.4 Å². The summed E-state index contributed by atoms with van der Waals surface area (Å²) in [4.78, 5) is 18.8. The summed E-state index contributed by atoms with van der Waals surface area (Å²) in [5.74, 6) is -0.668. The van der Waals surface area contributed by atoms with Crippen LogP contribution in [0, 0.1) is 17.1 Å². The molecule has 2 aromatic carbocycles. The van der Waals surface area contributed by atoms with Gasteiger partial charge < -0.3 is 10.2 Å². The number of carbonyl (C=O) groups excluding carboxylic acids is 1. The number of benzene rings is 2. The van der Waals surface area contributed by atoms with Crippen LogP contribution in [0.25, 0.3) is 0 Å². The van der Waals surface area contributed by atoms with Crippen LogP contribution < -0.4 is 5.32 Å². The van der Waals surface area contributed by atoms with E-state index in [-0.39, 0.29) is 17.2 Å². The quantitative estimate of drug-likeness (QED) is 0.745. The number of nitrogens with zero attached hydrogens (tertiary/aromatic N) is 3. The number of amides is 1. The summed E-state index contributed by atoms with van der Waals surface area (Å²) in [6.07, 6.45) is 0.827. The largest absolute Gasteiger partial charge is 0.333 e. The summed E-state index contributed by atoms with van der Waals surface area (Å²) in [6, 6.07) is 14.2. The summed E-state index contributed by atoms with van der Waals surface area (Å²) >= 11 is 1.24. The van der Waals surface area contributed by atoms with Crippen molar-refractivity contribution in [3.63, 3.8) is 0 Å². The average Bonchev–Trinajstić information content (AvgIpc) is 3.17. The molecule has 0 spiro atoms. The van der Waals surface area contributed by atoms with Crippen molar-refractivity contribution in [3.05, 3.63) is 76.0 Å².